The van der Waals surface area contributed by atoms with Crippen molar-refractivity contribution in [2.75, 3.05) is 39.3 Å². The van der Waals surface area contributed by atoms with Crippen molar-refractivity contribution in [1.29, 1.82) is 0 Å². The molecule has 0 spiro atoms. The molecule has 0 aromatic rings. The average Bonchev–Trinajstić information content (AvgIpc) is 3.27. The van der Waals surface area contributed by atoms with Crippen LogP contribution in [-0.2, 0) is 76.7 Å². The largest absolute Gasteiger partial charge is 0.480 e. The van der Waals surface area contributed by atoms with Crippen molar-refractivity contribution in [2.24, 2.45) is 91.7 Å². The standard InChI is InChI=1S/5C4H8N2O3.6C2H5NO2/c5*5-2(4(8)9)1-3(6)7;6*3-1-2(4)5/h5*2H,1,5H2,(H2,6,7)(H,8,9);6*1,3H2,(H,4,5). The fraction of sp³-hybridized carbons (Fsp3) is 0.500. The number of amides is 5. The number of carbonyl (C=O) groups excluding carboxylic acids is 5. The zero-order chi connectivity index (χ0) is 62.9. The number of carboxylic acids is 11. The van der Waals surface area contributed by atoms with Gasteiger partial charge in [0.2, 0.25) is 29.5 Å². The predicted octanol–water partition coefficient (Wildman–Crippen LogP) is -14.5. The van der Waals surface area contributed by atoms with Crippen molar-refractivity contribution >= 4 is 95.2 Å². The van der Waals surface area contributed by atoms with E-state index in [0.29, 0.717) is 0 Å². The molecule has 0 radical (unpaired) electrons. The van der Waals surface area contributed by atoms with Gasteiger partial charge in [-0.1, -0.05) is 0 Å². The van der Waals surface area contributed by atoms with Gasteiger partial charge in [-0.25, -0.2) is 0 Å². The number of carboxylic acid groups (broad SMARTS) is 11. The monoisotopic (exact) mass is 1110 g/mol. The molecule has 440 valence electrons. The Bertz CT molecular complexity index is 1450. The lowest BCUT2D eigenvalue weighted by atomic mass is 10.2. The first-order valence-electron chi connectivity index (χ1n) is 18.7. The van der Waals surface area contributed by atoms with Gasteiger partial charge in [0.1, 0.15) is 30.2 Å². The Kier molecular flexibility index (Phi) is 77.6. The molecular formula is C32H70N16O27. The van der Waals surface area contributed by atoms with Crippen LogP contribution >= 0.6 is 0 Å². The molecule has 0 rings (SSSR count). The van der Waals surface area contributed by atoms with E-state index in [1.165, 1.54) is 0 Å². The second kappa shape index (κ2) is 63.1. The molecule has 43 N–H and O–H groups in total. The fourth-order valence-electron chi connectivity index (χ4n) is 1.52. The third kappa shape index (κ3) is 140. The molecule has 0 aliphatic heterocycles. The number of hydrogen-bond donors (Lipinski definition) is 27. The average molecular weight is 1110 g/mol. The minimum absolute atomic E-state index is 0.278. The molecule has 43 nitrogen and oxygen atoms in total. The molecule has 0 aromatic heterocycles. The van der Waals surface area contributed by atoms with Gasteiger partial charge in [0.25, 0.3) is 0 Å². The maximum absolute atomic E-state index is 9.99. The number of hydrogen-bond acceptors (Lipinski definition) is 27. The molecule has 0 aromatic carbocycles. The van der Waals surface area contributed by atoms with Gasteiger partial charge in [-0.3, -0.25) is 76.7 Å². The fourth-order valence-corrected chi connectivity index (χ4v) is 1.52. The van der Waals surface area contributed by atoms with E-state index in [0.717, 1.165) is 0 Å². The minimum Gasteiger partial charge on any atom is -0.480 e. The Morgan fingerprint density at radius 1 is 0.227 bits per heavy atom. The summed E-state index contributed by atoms with van der Waals surface area (Å²) in [5, 5.41) is 86.1. The molecule has 0 aliphatic carbocycles. The lowest BCUT2D eigenvalue weighted by molar-refractivity contribution is -0.140. The smallest absolute Gasteiger partial charge is 0.321 e. The Balaban J connectivity index is -0.0000000675. The van der Waals surface area contributed by atoms with Crippen molar-refractivity contribution < 1.29 is 133 Å². The summed E-state index contributed by atoms with van der Waals surface area (Å²) in [4.78, 5) is 155. The third-order valence-electron chi connectivity index (χ3n) is 4.74. The number of nitrogens with two attached hydrogens (primary N) is 16. The lowest BCUT2D eigenvalue weighted by Crippen LogP contribution is -2.34. The Morgan fingerprint density at radius 2 is 0.293 bits per heavy atom. The van der Waals surface area contributed by atoms with Crippen molar-refractivity contribution in [1.82, 2.24) is 0 Å². The molecule has 0 heterocycles. The van der Waals surface area contributed by atoms with Crippen LogP contribution in [0.5, 0.6) is 0 Å². The van der Waals surface area contributed by atoms with Crippen LogP contribution in [0.2, 0.25) is 0 Å². The first-order valence-corrected chi connectivity index (χ1v) is 18.7. The molecule has 0 fully saturated rings. The van der Waals surface area contributed by atoms with E-state index in [4.69, 9.17) is 84.8 Å². The Labute approximate surface area is 421 Å². The van der Waals surface area contributed by atoms with Crippen LogP contribution < -0.4 is 91.7 Å². The maximum Gasteiger partial charge on any atom is 0.321 e. The molecular weight excluding hydrogens is 1040 g/mol. The van der Waals surface area contributed by atoms with Gasteiger partial charge in [-0.05, 0) is 0 Å². The summed E-state index contributed by atoms with van der Waals surface area (Å²) in [7, 11) is 0. The zero-order valence-electron chi connectivity index (χ0n) is 39.4. The summed E-state index contributed by atoms with van der Waals surface area (Å²) < 4.78 is 0. The van der Waals surface area contributed by atoms with Gasteiger partial charge in [0.15, 0.2) is 0 Å². The van der Waals surface area contributed by atoms with Gasteiger partial charge >= 0.3 is 65.7 Å². The summed E-state index contributed by atoms with van der Waals surface area (Å²) >= 11 is 0. The van der Waals surface area contributed by atoms with Crippen molar-refractivity contribution in [3.8, 4) is 0 Å². The van der Waals surface area contributed by atoms with E-state index < -0.39 is 125 Å². The SMILES string of the molecule is NC(=O)CC(N)C(=O)O.NC(=O)CC(N)C(=O)O.NC(=O)CC(N)C(=O)O.NC(=O)CC(N)C(=O)O.NC(=O)CC(N)C(=O)O.NCC(=O)O.NCC(=O)O.NCC(=O)O.NCC(=O)O.NCC(=O)O.NCC(=O)O. The normalized spacial score (nSPS) is 10.5. The minimum atomic E-state index is -1.21. The second-order valence-electron chi connectivity index (χ2n) is 11.7. The van der Waals surface area contributed by atoms with E-state index in [1.54, 1.807) is 0 Å². The van der Waals surface area contributed by atoms with Crippen LogP contribution in [0.3, 0.4) is 0 Å². The van der Waals surface area contributed by atoms with E-state index >= 15 is 0 Å². The summed E-state index contributed by atoms with van der Waals surface area (Å²) in [5.74, 6) is -15.4. The summed E-state index contributed by atoms with van der Waals surface area (Å²) in [5.41, 5.74) is 75.3. The van der Waals surface area contributed by atoms with Crippen LogP contribution in [0.15, 0.2) is 0 Å². The van der Waals surface area contributed by atoms with E-state index in [9.17, 15) is 76.7 Å². The number of aliphatic carboxylic acids is 11. The van der Waals surface area contributed by atoms with Crippen molar-refractivity contribution in [3.63, 3.8) is 0 Å². The summed E-state index contributed by atoms with van der Waals surface area (Å²) in [6.07, 6.45) is -1.55. The van der Waals surface area contributed by atoms with E-state index in [-0.39, 0.29) is 71.4 Å². The number of rotatable bonds is 21. The highest BCUT2D eigenvalue weighted by molar-refractivity contribution is 5.85. The van der Waals surface area contributed by atoms with Crippen LogP contribution in [-0.4, -0.2) is 221 Å². The molecule has 0 saturated heterocycles. The van der Waals surface area contributed by atoms with Gasteiger partial charge in [-0.15, -0.1) is 0 Å². The van der Waals surface area contributed by atoms with Crippen molar-refractivity contribution in [2.45, 2.75) is 62.3 Å². The highest BCUT2D eigenvalue weighted by Crippen LogP contribution is 1.87. The molecule has 0 aliphatic rings. The van der Waals surface area contributed by atoms with Crippen LogP contribution in [0, 0.1) is 0 Å². The highest BCUT2D eigenvalue weighted by Gasteiger charge is 2.16. The molecule has 43 heteroatoms. The Hall–Kier alpha value is -8.92. The van der Waals surface area contributed by atoms with E-state index in [1.807, 2.05) is 0 Å². The summed E-state index contributed by atoms with van der Waals surface area (Å²) in [6.45, 7) is -1.67. The quantitative estimate of drug-likeness (QED) is 0.0507. The molecule has 5 unspecified atom stereocenters. The second-order valence-corrected chi connectivity index (χ2v) is 11.7. The molecule has 5 amide bonds. The third-order valence-corrected chi connectivity index (χ3v) is 4.74. The van der Waals surface area contributed by atoms with Crippen molar-refractivity contribution in [3.05, 3.63) is 0 Å². The zero-order valence-corrected chi connectivity index (χ0v) is 39.4. The number of primary amides is 5. The maximum atomic E-state index is 9.99. The Morgan fingerprint density at radius 3 is 0.307 bits per heavy atom. The van der Waals surface area contributed by atoms with Crippen LogP contribution in [0.25, 0.3) is 0 Å². The van der Waals surface area contributed by atoms with Crippen LogP contribution in [0.4, 0.5) is 0 Å². The van der Waals surface area contributed by atoms with E-state index in [2.05, 4.69) is 63.1 Å². The molecule has 5 atom stereocenters. The molecule has 0 bridgehead atoms. The number of carbonyl (C=O) groups is 16. The van der Waals surface area contributed by atoms with Gasteiger partial charge in [0.05, 0.1) is 71.4 Å². The highest BCUT2D eigenvalue weighted by atomic mass is 16.4. The first kappa shape index (κ1) is 92.3. The molecule has 75 heavy (non-hydrogen) atoms. The topological polar surface area (TPSA) is 912 Å². The lowest BCUT2D eigenvalue weighted by Gasteiger charge is -1.99. The predicted molar refractivity (Wildman–Crippen MR) is 247 cm³/mol. The van der Waals surface area contributed by atoms with Gasteiger partial charge < -0.3 is 148 Å². The van der Waals surface area contributed by atoms with Gasteiger partial charge in [-0.2, -0.15) is 0 Å². The van der Waals surface area contributed by atoms with Crippen LogP contribution in [0.1, 0.15) is 32.1 Å². The van der Waals surface area contributed by atoms with Gasteiger partial charge in [0, 0.05) is 0 Å². The molecule has 0 saturated carbocycles. The summed E-state index contributed by atoms with van der Waals surface area (Å²) in [6, 6.07) is -5.82. The first-order chi connectivity index (χ1) is 33.8.